The number of carbonyl (C=O) groups excluding carboxylic acids is 1. The van der Waals surface area contributed by atoms with Gasteiger partial charge in [0.15, 0.2) is 0 Å². The smallest absolute Gasteiger partial charge is 0.347 e. The Bertz CT molecular complexity index is 1090. The van der Waals surface area contributed by atoms with Gasteiger partial charge in [-0.3, -0.25) is 9.47 Å². The Hall–Kier alpha value is -3.49. The van der Waals surface area contributed by atoms with Gasteiger partial charge in [-0.25, -0.2) is 14.6 Å². The SMILES string of the molecule is O=C(NC[C@@H]1CN(Cc2ccccc2)CCO1)Nc1cccc(Cn2cccnc2=O)c1. The van der Waals surface area contributed by atoms with Crippen LogP contribution >= 0.6 is 0 Å². The molecule has 2 amide bonds. The lowest BCUT2D eigenvalue weighted by atomic mass is 10.2. The fraction of sp³-hybridized carbons (Fsp3) is 0.292. The number of nitrogens with one attached hydrogen (secondary N) is 2. The van der Waals surface area contributed by atoms with E-state index in [4.69, 9.17) is 4.74 Å². The number of rotatable bonds is 7. The van der Waals surface area contributed by atoms with Crippen molar-refractivity contribution >= 4 is 11.7 Å². The molecule has 1 atom stereocenters. The first kappa shape index (κ1) is 21.7. The molecule has 3 aromatic rings. The van der Waals surface area contributed by atoms with Crippen molar-refractivity contribution in [2.75, 3.05) is 31.6 Å². The fourth-order valence-electron chi connectivity index (χ4n) is 3.72. The van der Waals surface area contributed by atoms with Gasteiger partial charge in [-0.05, 0) is 29.3 Å². The van der Waals surface area contributed by atoms with Crippen molar-refractivity contribution in [3.05, 3.63) is 94.7 Å². The minimum atomic E-state index is -0.308. The number of benzene rings is 2. The lowest BCUT2D eigenvalue weighted by Crippen LogP contribution is -2.47. The van der Waals surface area contributed by atoms with Crippen LogP contribution in [0.15, 0.2) is 77.9 Å². The molecule has 1 aliphatic rings. The predicted octanol–water partition coefficient (Wildman–Crippen LogP) is 2.31. The van der Waals surface area contributed by atoms with Gasteiger partial charge in [0.1, 0.15) is 0 Å². The number of aromatic nitrogens is 2. The van der Waals surface area contributed by atoms with Gasteiger partial charge in [0.05, 0.1) is 19.3 Å². The molecule has 1 fully saturated rings. The van der Waals surface area contributed by atoms with Gasteiger partial charge in [-0.2, -0.15) is 0 Å². The number of hydrogen-bond acceptors (Lipinski definition) is 5. The van der Waals surface area contributed by atoms with Crippen LogP contribution in [0.5, 0.6) is 0 Å². The predicted molar refractivity (Wildman–Crippen MR) is 123 cm³/mol. The second-order valence-electron chi connectivity index (χ2n) is 7.78. The molecule has 166 valence electrons. The average molecular weight is 434 g/mol. The minimum Gasteiger partial charge on any atom is -0.374 e. The lowest BCUT2D eigenvalue weighted by molar-refractivity contribution is -0.0285. The zero-order valence-corrected chi connectivity index (χ0v) is 17.8. The fourth-order valence-corrected chi connectivity index (χ4v) is 3.72. The van der Waals surface area contributed by atoms with Crippen LogP contribution in [-0.4, -0.2) is 52.8 Å². The Morgan fingerprint density at radius 1 is 1.06 bits per heavy atom. The van der Waals surface area contributed by atoms with Crippen LogP contribution in [0.4, 0.5) is 10.5 Å². The summed E-state index contributed by atoms with van der Waals surface area (Å²) in [5.74, 6) is 0. The molecule has 2 aromatic carbocycles. The van der Waals surface area contributed by atoms with Crippen LogP contribution in [-0.2, 0) is 17.8 Å². The zero-order valence-electron chi connectivity index (χ0n) is 17.8. The van der Waals surface area contributed by atoms with Crippen molar-refractivity contribution in [1.29, 1.82) is 0 Å². The van der Waals surface area contributed by atoms with Gasteiger partial charge in [0.2, 0.25) is 0 Å². The first-order chi connectivity index (χ1) is 15.7. The highest BCUT2D eigenvalue weighted by Crippen LogP contribution is 2.12. The van der Waals surface area contributed by atoms with E-state index in [0.29, 0.717) is 25.4 Å². The molecular formula is C24H27N5O3. The molecular weight excluding hydrogens is 406 g/mol. The second-order valence-corrected chi connectivity index (χ2v) is 7.78. The number of hydrogen-bond donors (Lipinski definition) is 2. The van der Waals surface area contributed by atoms with Gasteiger partial charge in [0.25, 0.3) is 0 Å². The minimum absolute atomic E-state index is 0.0537. The molecule has 0 saturated carbocycles. The van der Waals surface area contributed by atoms with E-state index in [0.717, 1.165) is 25.2 Å². The van der Waals surface area contributed by atoms with Crippen LogP contribution in [0.2, 0.25) is 0 Å². The van der Waals surface area contributed by atoms with Crippen LogP contribution < -0.4 is 16.3 Å². The molecule has 0 spiro atoms. The van der Waals surface area contributed by atoms with Crippen molar-refractivity contribution < 1.29 is 9.53 Å². The highest BCUT2D eigenvalue weighted by atomic mass is 16.5. The van der Waals surface area contributed by atoms with Crippen molar-refractivity contribution in [3.63, 3.8) is 0 Å². The molecule has 1 aliphatic heterocycles. The molecule has 0 aliphatic carbocycles. The summed E-state index contributed by atoms with van der Waals surface area (Å²) >= 11 is 0. The van der Waals surface area contributed by atoms with Gasteiger partial charge in [0, 0.05) is 44.3 Å². The summed E-state index contributed by atoms with van der Waals surface area (Å²) in [7, 11) is 0. The summed E-state index contributed by atoms with van der Waals surface area (Å²) in [6.07, 6.45) is 3.10. The standard InChI is InChI=1S/C24H27N5O3/c30-23(26-15-22-18-28(12-13-32-22)16-19-6-2-1-3-7-19)27-21-9-4-8-20(14-21)17-29-11-5-10-25-24(29)31/h1-11,14,22H,12-13,15-18H2,(H2,26,27,30)/t22-/m1/s1. The summed E-state index contributed by atoms with van der Waals surface area (Å²) in [6, 6.07) is 19.2. The molecule has 0 bridgehead atoms. The Morgan fingerprint density at radius 3 is 2.75 bits per heavy atom. The van der Waals surface area contributed by atoms with Crippen LogP contribution in [0.1, 0.15) is 11.1 Å². The maximum absolute atomic E-state index is 12.4. The zero-order chi connectivity index (χ0) is 22.2. The van der Waals surface area contributed by atoms with Crippen molar-refractivity contribution in [1.82, 2.24) is 19.8 Å². The Kier molecular flexibility index (Phi) is 7.27. The van der Waals surface area contributed by atoms with Gasteiger partial charge in [-0.1, -0.05) is 42.5 Å². The highest BCUT2D eigenvalue weighted by molar-refractivity contribution is 5.89. The number of morpholine rings is 1. The third kappa shape index (κ3) is 6.26. The lowest BCUT2D eigenvalue weighted by Gasteiger charge is -2.33. The molecule has 32 heavy (non-hydrogen) atoms. The number of amides is 2. The number of carbonyl (C=O) groups is 1. The largest absolute Gasteiger partial charge is 0.374 e. The maximum Gasteiger partial charge on any atom is 0.347 e. The quantitative estimate of drug-likeness (QED) is 0.597. The van der Waals surface area contributed by atoms with E-state index >= 15 is 0 Å². The number of anilines is 1. The topological polar surface area (TPSA) is 88.5 Å². The van der Waals surface area contributed by atoms with E-state index < -0.39 is 0 Å². The average Bonchev–Trinajstić information content (AvgIpc) is 2.80. The van der Waals surface area contributed by atoms with E-state index in [1.807, 2.05) is 42.5 Å². The van der Waals surface area contributed by atoms with E-state index in [1.165, 1.54) is 16.3 Å². The molecule has 2 N–H and O–H groups in total. The molecule has 0 unspecified atom stereocenters. The van der Waals surface area contributed by atoms with Crippen LogP contribution in [0.25, 0.3) is 0 Å². The summed E-state index contributed by atoms with van der Waals surface area (Å²) in [5.41, 5.74) is 2.52. The third-order valence-electron chi connectivity index (χ3n) is 5.28. The van der Waals surface area contributed by atoms with Crippen molar-refractivity contribution in [3.8, 4) is 0 Å². The van der Waals surface area contributed by atoms with E-state index in [2.05, 4.69) is 32.7 Å². The molecule has 1 aromatic heterocycles. The summed E-state index contributed by atoms with van der Waals surface area (Å²) in [5, 5.41) is 5.75. The third-order valence-corrected chi connectivity index (χ3v) is 5.28. The normalized spacial score (nSPS) is 16.4. The first-order valence-electron chi connectivity index (χ1n) is 10.7. The highest BCUT2D eigenvalue weighted by Gasteiger charge is 2.21. The molecule has 4 rings (SSSR count). The number of urea groups is 1. The number of ether oxygens (including phenoxy) is 1. The molecule has 1 saturated heterocycles. The second kappa shape index (κ2) is 10.7. The summed E-state index contributed by atoms with van der Waals surface area (Å²) in [6.45, 7) is 3.99. The molecule has 8 heteroatoms. The molecule has 0 radical (unpaired) electrons. The van der Waals surface area contributed by atoms with Crippen LogP contribution in [0.3, 0.4) is 0 Å². The maximum atomic E-state index is 12.4. The van der Waals surface area contributed by atoms with E-state index in [9.17, 15) is 9.59 Å². The summed E-state index contributed by atoms with van der Waals surface area (Å²) in [4.78, 5) is 30.3. The Morgan fingerprint density at radius 2 is 1.91 bits per heavy atom. The molecule has 8 nitrogen and oxygen atoms in total. The van der Waals surface area contributed by atoms with Crippen LogP contribution in [0, 0.1) is 0 Å². The Balaban J connectivity index is 1.26. The van der Waals surface area contributed by atoms with Gasteiger partial charge >= 0.3 is 11.7 Å². The number of nitrogens with zero attached hydrogens (tertiary/aromatic N) is 3. The van der Waals surface area contributed by atoms with Gasteiger partial charge in [-0.15, -0.1) is 0 Å². The van der Waals surface area contributed by atoms with Crippen molar-refractivity contribution in [2.45, 2.75) is 19.2 Å². The summed E-state index contributed by atoms with van der Waals surface area (Å²) < 4.78 is 7.34. The van der Waals surface area contributed by atoms with Gasteiger partial charge < -0.3 is 15.4 Å². The van der Waals surface area contributed by atoms with Crippen molar-refractivity contribution in [2.24, 2.45) is 0 Å². The Labute approximate surface area is 186 Å². The molecule has 2 heterocycles. The van der Waals surface area contributed by atoms with E-state index in [1.54, 1.807) is 12.3 Å². The monoisotopic (exact) mass is 433 g/mol. The van der Waals surface area contributed by atoms with E-state index in [-0.39, 0.29) is 17.8 Å². The first-order valence-corrected chi connectivity index (χ1v) is 10.7.